The minimum absolute atomic E-state index is 0.143. The molecule has 0 bridgehead atoms. The fourth-order valence-electron chi connectivity index (χ4n) is 2.45. The van der Waals surface area contributed by atoms with Crippen LogP contribution in [-0.2, 0) is 0 Å². The second-order valence-electron chi connectivity index (χ2n) is 5.25. The van der Waals surface area contributed by atoms with Gasteiger partial charge in [-0.05, 0) is 50.7 Å². The van der Waals surface area contributed by atoms with Crippen LogP contribution < -0.4 is 10.6 Å². The summed E-state index contributed by atoms with van der Waals surface area (Å²) in [6.45, 7) is 6.52. The van der Waals surface area contributed by atoms with Gasteiger partial charge in [0.1, 0.15) is 12.1 Å². The van der Waals surface area contributed by atoms with Gasteiger partial charge in [-0.1, -0.05) is 0 Å². The third kappa shape index (κ3) is 2.08. The molecule has 1 aliphatic rings. The van der Waals surface area contributed by atoms with Crippen LogP contribution in [0.25, 0.3) is 10.2 Å². The third-order valence-corrected chi connectivity index (χ3v) is 4.75. The van der Waals surface area contributed by atoms with E-state index in [0.29, 0.717) is 0 Å². The second-order valence-corrected chi connectivity index (χ2v) is 6.13. The van der Waals surface area contributed by atoms with Crippen molar-refractivity contribution in [2.45, 2.75) is 32.2 Å². The third-order valence-electron chi connectivity index (χ3n) is 3.66. The minimum atomic E-state index is 0.143. The lowest BCUT2D eigenvalue weighted by Crippen LogP contribution is -2.45. The molecule has 0 radical (unpaired) electrons. The Morgan fingerprint density at radius 3 is 2.89 bits per heavy atom. The van der Waals surface area contributed by atoms with E-state index < -0.39 is 0 Å². The number of fused-ring (bicyclic) bond motifs is 1. The van der Waals surface area contributed by atoms with Gasteiger partial charge in [0, 0.05) is 5.54 Å². The fourth-order valence-corrected chi connectivity index (χ4v) is 3.39. The van der Waals surface area contributed by atoms with Crippen LogP contribution in [0.4, 0.5) is 5.82 Å². The van der Waals surface area contributed by atoms with Crippen LogP contribution in [0, 0.1) is 6.92 Å². The quantitative estimate of drug-likeness (QED) is 0.873. The van der Waals surface area contributed by atoms with Gasteiger partial charge in [-0.3, -0.25) is 0 Å². The van der Waals surface area contributed by atoms with Crippen molar-refractivity contribution in [2.75, 3.05) is 18.4 Å². The molecule has 1 saturated heterocycles. The van der Waals surface area contributed by atoms with Crippen molar-refractivity contribution in [1.82, 2.24) is 15.3 Å². The Kier molecular flexibility index (Phi) is 2.95. The van der Waals surface area contributed by atoms with E-state index in [0.717, 1.165) is 37.3 Å². The SMILES string of the molecule is Cc1csc2c(NC3(C)CCNCC3)ncnc12. The van der Waals surface area contributed by atoms with Gasteiger partial charge >= 0.3 is 0 Å². The molecule has 1 aliphatic heterocycles. The Morgan fingerprint density at radius 2 is 2.11 bits per heavy atom. The van der Waals surface area contributed by atoms with Gasteiger partial charge in [-0.25, -0.2) is 9.97 Å². The van der Waals surface area contributed by atoms with Crippen LogP contribution in [0.3, 0.4) is 0 Å². The maximum Gasteiger partial charge on any atom is 0.147 e. The van der Waals surface area contributed by atoms with E-state index in [1.165, 1.54) is 10.3 Å². The molecule has 0 amide bonds. The second kappa shape index (κ2) is 4.48. The number of nitrogens with zero attached hydrogens (tertiary/aromatic N) is 2. The highest BCUT2D eigenvalue weighted by molar-refractivity contribution is 7.18. The summed E-state index contributed by atoms with van der Waals surface area (Å²) >= 11 is 1.72. The van der Waals surface area contributed by atoms with Crippen LogP contribution in [0.5, 0.6) is 0 Å². The summed E-state index contributed by atoms with van der Waals surface area (Å²) in [6.07, 6.45) is 3.92. The van der Waals surface area contributed by atoms with Gasteiger partial charge in [0.2, 0.25) is 0 Å². The van der Waals surface area contributed by atoms with Gasteiger partial charge in [0.15, 0.2) is 0 Å². The highest BCUT2D eigenvalue weighted by Crippen LogP contribution is 2.31. The number of thiophene rings is 1. The van der Waals surface area contributed by atoms with Crippen molar-refractivity contribution in [3.05, 3.63) is 17.3 Å². The first-order valence-electron chi connectivity index (χ1n) is 6.36. The average Bonchev–Trinajstić information content (AvgIpc) is 2.73. The first-order chi connectivity index (χ1) is 8.68. The number of aromatic nitrogens is 2. The molecule has 0 spiro atoms. The zero-order valence-corrected chi connectivity index (χ0v) is 11.6. The van der Waals surface area contributed by atoms with Crippen molar-refractivity contribution >= 4 is 27.4 Å². The number of anilines is 1. The Morgan fingerprint density at radius 1 is 1.33 bits per heavy atom. The molecule has 0 unspecified atom stereocenters. The Bertz CT molecular complexity index is 557. The van der Waals surface area contributed by atoms with E-state index in [1.807, 2.05) is 0 Å². The summed E-state index contributed by atoms with van der Waals surface area (Å²) in [5, 5.41) is 9.18. The maximum atomic E-state index is 4.43. The van der Waals surface area contributed by atoms with Crippen LogP contribution in [0.2, 0.25) is 0 Å². The van der Waals surface area contributed by atoms with Gasteiger partial charge < -0.3 is 10.6 Å². The summed E-state index contributed by atoms with van der Waals surface area (Å²) < 4.78 is 1.18. The lowest BCUT2D eigenvalue weighted by Gasteiger charge is -2.35. The molecule has 0 saturated carbocycles. The molecule has 2 aromatic rings. The Balaban J connectivity index is 1.94. The summed E-state index contributed by atoms with van der Waals surface area (Å²) in [6, 6.07) is 0. The van der Waals surface area contributed by atoms with E-state index in [4.69, 9.17) is 0 Å². The van der Waals surface area contributed by atoms with Gasteiger partial charge in [-0.15, -0.1) is 11.3 Å². The molecule has 1 fully saturated rings. The largest absolute Gasteiger partial charge is 0.364 e. The molecular formula is C13H18N4S. The summed E-state index contributed by atoms with van der Waals surface area (Å²) in [5.74, 6) is 0.988. The van der Waals surface area contributed by atoms with Gasteiger partial charge in [0.05, 0.1) is 10.2 Å². The maximum absolute atomic E-state index is 4.43. The smallest absolute Gasteiger partial charge is 0.147 e. The summed E-state index contributed by atoms with van der Waals surface area (Å²) in [7, 11) is 0. The highest BCUT2D eigenvalue weighted by Gasteiger charge is 2.27. The van der Waals surface area contributed by atoms with Crippen molar-refractivity contribution in [3.8, 4) is 0 Å². The fraction of sp³-hybridized carbons (Fsp3) is 0.538. The van der Waals surface area contributed by atoms with Crippen LogP contribution in [0.15, 0.2) is 11.7 Å². The molecule has 4 nitrogen and oxygen atoms in total. The topological polar surface area (TPSA) is 49.8 Å². The van der Waals surface area contributed by atoms with Gasteiger partial charge in [0.25, 0.3) is 0 Å². The zero-order valence-electron chi connectivity index (χ0n) is 10.8. The molecule has 2 N–H and O–H groups in total. The molecular weight excluding hydrogens is 244 g/mol. The number of aryl methyl sites for hydroxylation is 1. The summed E-state index contributed by atoms with van der Waals surface area (Å²) in [5.41, 5.74) is 2.45. The molecule has 2 aromatic heterocycles. The lowest BCUT2D eigenvalue weighted by atomic mass is 9.90. The van der Waals surface area contributed by atoms with Gasteiger partial charge in [-0.2, -0.15) is 0 Å². The monoisotopic (exact) mass is 262 g/mol. The molecule has 3 rings (SSSR count). The van der Waals surface area contributed by atoms with E-state index in [9.17, 15) is 0 Å². The Hall–Kier alpha value is -1.20. The van der Waals surface area contributed by atoms with E-state index in [-0.39, 0.29) is 5.54 Å². The van der Waals surface area contributed by atoms with E-state index in [1.54, 1.807) is 17.7 Å². The van der Waals surface area contributed by atoms with Crippen LogP contribution in [0.1, 0.15) is 25.3 Å². The average molecular weight is 262 g/mol. The van der Waals surface area contributed by atoms with E-state index >= 15 is 0 Å². The molecule has 0 atom stereocenters. The highest BCUT2D eigenvalue weighted by atomic mass is 32.1. The molecule has 0 aliphatic carbocycles. The zero-order chi connectivity index (χ0) is 12.6. The first-order valence-corrected chi connectivity index (χ1v) is 7.24. The first kappa shape index (κ1) is 11.9. The van der Waals surface area contributed by atoms with Crippen LogP contribution in [-0.4, -0.2) is 28.6 Å². The van der Waals surface area contributed by atoms with E-state index in [2.05, 4.69) is 39.8 Å². The van der Waals surface area contributed by atoms with Crippen molar-refractivity contribution in [2.24, 2.45) is 0 Å². The molecule has 3 heterocycles. The standard InChI is InChI=1S/C13H18N4S/c1-9-7-18-11-10(9)15-8-16-12(11)17-13(2)3-5-14-6-4-13/h7-8,14H,3-6H2,1-2H3,(H,15,16,17). The lowest BCUT2D eigenvalue weighted by molar-refractivity contribution is 0.364. The minimum Gasteiger partial charge on any atom is -0.364 e. The number of rotatable bonds is 2. The number of piperidine rings is 1. The normalized spacial score (nSPS) is 19.0. The molecule has 18 heavy (non-hydrogen) atoms. The summed E-state index contributed by atoms with van der Waals surface area (Å²) in [4.78, 5) is 8.79. The number of nitrogens with one attached hydrogen (secondary N) is 2. The molecule has 5 heteroatoms. The predicted octanol–water partition coefficient (Wildman–Crippen LogP) is 2.55. The van der Waals surface area contributed by atoms with Crippen molar-refractivity contribution in [3.63, 3.8) is 0 Å². The van der Waals surface area contributed by atoms with Crippen LogP contribution >= 0.6 is 11.3 Å². The molecule has 0 aromatic carbocycles. The molecule has 96 valence electrons. The Labute approximate surface area is 111 Å². The van der Waals surface area contributed by atoms with Crippen molar-refractivity contribution in [1.29, 1.82) is 0 Å². The van der Waals surface area contributed by atoms with Crippen molar-refractivity contribution < 1.29 is 0 Å². The number of hydrogen-bond donors (Lipinski definition) is 2. The predicted molar refractivity (Wildman–Crippen MR) is 76.3 cm³/mol. The number of hydrogen-bond acceptors (Lipinski definition) is 5.